The molecule has 3 rings (SSSR count). The maximum Gasteiger partial charge on any atom is 0.263 e. The first kappa shape index (κ1) is 14.4. The van der Waals surface area contributed by atoms with E-state index in [1.165, 1.54) is 17.5 Å². The lowest BCUT2D eigenvalue weighted by molar-refractivity contribution is -0.138. The van der Waals surface area contributed by atoms with Gasteiger partial charge in [0.15, 0.2) is 6.10 Å². The van der Waals surface area contributed by atoms with Crippen molar-refractivity contribution in [1.29, 1.82) is 0 Å². The Kier molecular flexibility index (Phi) is 4.15. The molecule has 1 amide bonds. The summed E-state index contributed by atoms with van der Waals surface area (Å²) in [5, 5.41) is 0. The molecule has 1 saturated heterocycles. The van der Waals surface area contributed by atoms with E-state index in [0.29, 0.717) is 0 Å². The van der Waals surface area contributed by atoms with Crippen LogP contribution in [0.15, 0.2) is 18.2 Å². The van der Waals surface area contributed by atoms with Crippen LogP contribution in [-0.2, 0) is 11.2 Å². The average Bonchev–Trinajstić information content (AvgIpc) is 2.90. The zero-order valence-corrected chi connectivity index (χ0v) is 12.7. The topological polar surface area (TPSA) is 55.6 Å². The summed E-state index contributed by atoms with van der Waals surface area (Å²) in [5.41, 5.74) is 8.45. The van der Waals surface area contributed by atoms with Crippen molar-refractivity contribution < 1.29 is 9.53 Å². The third kappa shape index (κ3) is 2.91. The fourth-order valence-electron chi connectivity index (χ4n) is 3.38. The molecule has 1 aromatic carbocycles. The van der Waals surface area contributed by atoms with E-state index >= 15 is 0 Å². The minimum atomic E-state index is -0.425. The third-order valence-electron chi connectivity index (χ3n) is 4.59. The number of ether oxygens (including phenoxy) is 1. The number of fused-ring (bicyclic) bond motifs is 1. The summed E-state index contributed by atoms with van der Waals surface area (Å²) in [6.07, 6.45) is 4.92. The van der Waals surface area contributed by atoms with Crippen LogP contribution in [-0.4, -0.2) is 30.0 Å². The van der Waals surface area contributed by atoms with E-state index in [0.717, 1.165) is 44.5 Å². The molecule has 1 fully saturated rings. The number of likely N-dealkylation sites (tertiary alicyclic amines) is 1. The maximum absolute atomic E-state index is 12.4. The highest BCUT2D eigenvalue weighted by molar-refractivity contribution is 5.81. The maximum atomic E-state index is 12.4. The molecule has 1 aromatic rings. The van der Waals surface area contributed by atoms with Gasteiger partial charge in [0.05, 0.1) is 0 Å². The number of carbonyl (C=O) groups is 1. The zero-order chi connectivity index (χ0) is 14.8. The van der Waals surface area contributed by atoms with Crippen LogP contribution in [0.3, 0.4) is 0 Å². The predicted molar refractivity (Wildman–Crippen MR) is 82.2 cm³/mol. The van der Waals surface area contributed by atoms with Gasteiger partial charge in [0.2, 0.25) is 0 Å². The fourth-order valence-corrected chi connectivity index (χ4v) is 3.38. The largest absolute Gasteiger partial charge is 0.481 e. The second kappa shape index (κ2) is 6.06. The van der Waals surface area contributed by atoms with E-state index in [-0.39, 0.29) is 11.9 Å². The Morgan fingerprint density at radius 3 is 2.86 bits per heavy atom. The highest BCUT2D eigenvalue weighted by Gasteiger charge is 2.26. The van der Waals surface area contributed by atoms with Crippen LogP contribution in [0.2, 0.25) is 0 Å². The number of rotatable bonds is 3. The van der Waals surface area contributed by atoms with Gasteiger partial charge in [-0.1, -0.05) is 12.1 Å². The highest BCUT2D eigenvalue weighted by Crippen LogP contribution is 2.36. The van der Waals surface area contributed by atoms with Crippen molar-refractivity contribution >= 4 is 5.91 Å². The Bertz CT molecular complexity index is 524. The molecule has 0 radical (unpaired) electrons. The molecule has 4 heteroatoms. The second-order valence-electron chi connectivity index (χ2n) is 6.12. The molecule has 2 N–H and O–H groups in total. The molecule has 21 heavy (non-hydrogen) atoms. The van der Waals surface area contributed by atoms with E-state index in [9.17, 15) is 4.79 Å². The van der Waals surface area contributed by atoms with Crippen LogP contribution in [0.1, 0.15) is 49.8 Å². The van der Waals surface area contributed by atoms with Crippen molar-refractivity contribution in [2.24, 2.45) is 5.73 Å². The number of hydrogen-bond acceptors (Lipinski definition) is 3. The standard InChI is InChI=1S/C17H24N2O2/c1-12(17(20)19-10-3-2-4-11-19)21-16-7-5-6-13-14(16)8-9-15(13)18/h5-7,12,15H,2-4,8-11,18H2,1H3. The van der Waals surface area contributed by atoms with Gasteiger partial charge in [-0.15, -0.1) is 0 Å². The van der Waals surface area contributed by atoms with E-state index in [1.807, 2.05) is 24.0 Å². The molecule has 2 atom stereocenters. The van der Waals surface area contributed by atoms with E-state index in [2.05, 4.69) is 6.07 Å². The normalized spacial score (nSPS) is 22.8. The lowest BCUT2D eigenvalue weighted by Gasteiger charge is -2.29. The van der Waals surface area contributed by atoms with Crippen LogP contribution in [0.5, 0.6) is 5.75 Å². The van der Waals surface area contributed by atoms with Crippen molar-refractivity contribution in [2.45, 2.75) is 51.2 Å². The van der Waals surface area contributed by atoms with Gasteiger partial charge in [-0.3, -0.25) is 4.79 Å². The van der Waals surface area contributed by atoms with Gasteiger partial charge < -0.3 is 15.4 Å². The number of piperidine rings is 1. The third-order valence-corrected chi connectivity index (χ3v) is 4.59. The smallest absolute Gasteiger partial charge is 0.263 e. The number of nitrogens with two attached hydrogens (primary N) is 1. The Morgan fingerprint density at radius 1 is 1.33 bits per heavy atom. The van der Waals surface area contributed by atoms with Gasteiger partial charge in [-0.05, 0) is 56.2 Å². The Labute approximate surface area is 126 Å². The van der Waals surface area contributed by atoms with Gasteiger partial charge in [-0.25, -0.2) is 0 Å². The molecule has 0 saturated carbocycles. The zero-order valence-electron chi connectivity index (χ0n) is 12.7. The van der Waals surface area contributed by atoms with Gasteiger partial charge in [0, 0.05) is 19.1 Å². The molecule has 4 nitrogen and oxygen atoms in total. The minimum absolute atomic E-state index is 0.106. The quantitative estimate of drug-likeness (QED) is 0.929. The van der Waals surface area contributed by atoms with Crippen molar-refractivity contribution in [3.05, 3.63) is 29.3 Å². The SMILES string of the molecule is CC(Oc1cccc2c1CCC2N)C(=O)N1CCCCC1. The molecular formula is C17H24N2O2. The Balaban J connectivity index is 1.70. The average molecular weight is 288 g/mol. The van der Waals surface area contributed by atoms with Gasteiger partial charge in [-0.2, -0.15) is 0 Å². The minimum Gasteiger partial charge on any atom is -0.481 e. The van der Waals surface area contributed by atoms with Crippen LogP contribution < -0.4 is 10.5 Å². The first-order valence-electron chi connectivity index (χ1n) is 7.99. The summed E-state index contributed by atoms with van der Waals surface area (Å²) in [6, 6.07) is 6.10. The van der Waals surface area contributed by atoms with Crippen molar-refractivity contribution in [1.82, 2.24) is 4.90 Å². The molecule has 1 heterocycles. The molecule has 0 aromatic heterocycles. The molecule has 0 spiro atoms. The lowest BCUT2D eigenvalue weighted by Crippen LogP contribution is -2.43. The second-order valence-corrected chi connectivity index (χ2v) is 6.12. The van der Waals surface area contributed by atoms with Gasteiger partial charge in [0.1, 0.15) is 5.75 Å². The van der Waals surface area contributed by atoms with Crippen molar-refractivity contribution in [3.8, 4) is 5.75 Å². The summed E-state index contributed by atoms with van der Waals surface area (Å²) in [4.78, 5) is 14.4. The first-order chi connectivity index (χ1) is 10.2. The van der Waals surface area contributed by atoms with Crippen molar-refractivity contribution in [3.63, 3.8) is 0 Å². The molecule has 2 unspecified atom stereocenters. The van der Waals surface area contributed by atoms with Crippen LogP contribution in [0.4, 0.5) is 0 Å². The molecule has 0 bridgehead atoms. The van der Waals surface area contributed by atoms with Crippen LogP contribution in [0.25, 0.3) is 0 Å². The van der Waals surface area contributed by atoms with Crippen molar-refractivity contribution in [2.75, 3.05) is 13.1 Å². The number of nitrogens with zero attached hydrogens (tertiary/aromatic N) is 1. The predicted octanol–water partition coefficient (Wildman–Crippen LogP) is 2.41. The summed E-state index contributed by atoms with van der Waals surface area (Å²) in [6.45, 7) is 3.58. The number of carbonyl (C=O) groups excluding carboxylic acids is 1. The first-order valence-corrected chi connectivity index (χ1v) is 7.99. The molecule has 1 aliphatic carbocycles. The van der Waals surface area contributed by atoms with E-state index < -0.39 is 6.10 Å². The Hall–Kier alpha value is -1.55. The Morgan fingerprint density at radius 2 is 2.10 bits per heavy atom. The monoisotopic (exact) mass is 288 g/mol. The summed E-state index contributed by atoms with van der Waals surface area (Å²) < 4.78 is 5.97. The number of amides is 1. The molecule has 114 valence electrons. The highest BCUT2D eigenvalue weighted by atomic mass is 16.5. The van der Waals surface area contributed by atoms with E-state index in [4.69, 9.17) is 10.5 Å². The molecule has 2 aliphatic rings. The number of hydrogen-bond donors (Lipinski definition) is 1. The summed E-state index contributed by atoms with van der Waals surface area (Å²) in [7, 11) is 0. The summed E-state index contributed by atoms with van der Waals surface area (Å²) >= 11 is 0. The van der Waals surface area contributed by atoms with Gasteiger partial charge >= 0.3 is 0 Å². The van der Waals surface area contributed by atoms with Crippen LogP contribution in [0, 0.1) is 0 Å². The summed E-state index contributed by atoms with van der Waals surface area (Å²) in [5.74, 6) is 0.938. The van der Waals surface area contributed by atoms with Gasteiger partial charge in [0.25, 0.3) is 5.91 Å². The number of benzene rings is 1. The molecule has 1 aliphatic heterocycles. The van der Waals surface area contributed by atoms with E-state index in [1.54, 1.807) is 0 Å². The molecular weight excluding hydrogens is 264 g/mol. The van der Waals surface area contributed by atoms with Crippen LogP contribution >= 0.6 is 0 Å². The lowest BCUT2D eigenvalue weighted by atomic mass is 10.1. The fraction of sp³-hybridized carbons (Fsp3) is 0.588.